The van der Waals surface area contributed by atoms with E-state index in [2.05, 4.69) is 16.1 Å². The van der Waals surface area contributed by atoms with Gasteiger partial charge in [-0.15, -0.1) is 0 Å². The Hall–Kier alpha value is -0.950. The van der Waals surface area contributed by atoms with E-state index in [0.29, 0.717) is 13.1 Å². The summed E-state index contributed by atoms with van der Waals surface area (Å²) in [6.07, 6.45) is 2.95. The van der Waals surface area contributed by atoms with Crippen LogP contribution in [0.2, 0.25) is 0 Å². The summed E-state index contributed by atoms with van der Waals surface area (Å²) in [6, 6.07) is 8.06. The van der Waals surface area contributed by atoms with E-state index in [1.54, 1.807) is 4.31 Å². The molecule has 20 heavy (non-hydrogen) atoms. The number of aryl methyl sites for hydroxylation is 1. The summed E-state index contributed by atoms with van der Waals surface area (Å²) in [5.74, 6) is 0. The maximum Gasteiger partial charge on any atom is 0.280 e. The summed E-state index contributed by atoms with van der Waals surface area (Å²) in [7, 11) is -3.38. The van der Waals surface area contributed by atoms with Crippen molar-refractivity contribution in [3.8, 4) is 0 Å². The van der Waals surface area contributed by atoms with Crippen LogP contribution in [0.5, 0.6) is 0 Å². The first-order valence-corrected chi connectivity index (χ1v) is 8.67. The van der Waals surface area contributed by atoms with Gasteiger partial charge in [-0.2, -0.15) is 17.4 Å². The lowest BCUT2D eigenvalue weighted by molar-refractivity contribution is 0.349. The van der Waals surface area contributed by atoms with Crippen molar-refractivity contribution in [2.75, 3.05) is 26.2 Å². The fourth-order valence-electron chi connectivity index (χ4n) is 3.02. The Kier molecular flexibility index (Phi) is 4.07. The van der Waals surface area contributed by atoms with Gasteiger partial charge in [0.2, 0.25) is 0 Å². The number of fused-ring (bicyclic) bond motifs is 1. The number of rotatable bonds is 3. The van der Waals surface area contributed by atoms with Crippen LogP contribution in [0.3, 0.4) is 0 Å². The number of hydrogen-bond donors (Lipinski definition) is 2. The van der Waals surface area contributed by atoms with Gasteiger partial charge in [-0.05, 0) is 30.4 Å². The molecule has 1 fully saturated rings. The van der Waals surface area contributed by atoms with Gasteiger partial charge in [0, 0.05) is 32.2 Å². The van der Waals surface area contributed by atoms with Crippen molar-refractivity contribution in [2.24, 2.45) is 0 Å². The highest BCUT2D eigenvalue weighted by Crippen LogP contribution is 2.30. The van der Waals surface area contributed by atoms with Crippen molar-refractivity contribution >= 4 is 10.2 Å². The number of hydrogen-bond acceptors (Lipinski definition) is 3. The number of nitrogens with one attached hydrogen (secondary N) is 2. The lowest BCUT2D eigenvalue weighted by Crippen LogP contribution is -2.51. The van der Waals surface area contributed by atoms with Gasteiger partial charge in [0.15, 0.2) is 0 Å². The van der Waals surface area contributed by atoms with Crippen molar-refractivity contribution in [1.82, 2.24) is 14.3 Å². The number of piperazine rings is 1. The molecule has 1 aliphatic carbocycles. The van der Waals surface area contributed by atoms with Crippen LogP contribution in [-0.4, -0.2) is 38.9 Å². The molecule has 5 nitrogen and oxygen atoms in total. The predicted octanol–water partition coefficient (Wildman–Crippen LogP) is 0.804. The summed E-state index contributed by atoms with van der Waals surface area (Å²) < 4.78 is 29.3. The second kappa shape index (κ2) is 5.81. The summed E-state index contributed by atoms with van der Waals surface area (Å²) in [5, 5.41) is 3.17. The predicted molar refractivity (Wildman–Crippen MR) is 78.6 cm³/mol. The molecule has 1 aromatic rings. The van der Waals surface area contributed by atoms with Gasteiger partial charge in [-0.3, -0.25) is 0 Å². The van der Waals surface area contributed by atoms with Gasteiger partial charge in [-0.1, -0.05) is 24.3 Å². The molecule has 1 heterocycles. The smallest absolute Gasteiger partial charge is 0.280 e. The largest absolute Gasteiger partial charge is 0.314 e. The fourth-order valence-corrected chi connectivity index (χ4v) is 4.43. The zero-order valence-electron chi connectivity index (χ0n) is 11.5. The highest BCUT2D eigenvalue weighted by molar-refractivity contribution is 7.87. The lowest BCUT2D eigenvalue weighted by atomic mass is 9.88. The summed E-state index contributed by atoms with van der Waals surface area (Å²) >= 11 is 0. The van der Waals surface area contributed by atoms with Crippen molar-refractivity contribution in [3.63, 3.8) is 0 Å². The highest BCUT2D eigenvalue weighted by atomic mass is 32.2. The second-order valence-corrected chi connectivity index (χ2v) is 7.12. The average molecular weight is 295 g/mol. The molecule has 2 aliphatic rings. The summed E-state index contributed by atoms with van der Waals surface area (Å²) in [4.78, 5) is 0. The van der Waals surface area contributed by atoms with Gasteiger partial charge < -0.3 is 5.32 Å². The van der Waals surface area contributed by atoms with Crippen molar-refractivity contribution in [3.05, 3.63) is 35.4 Å². The van der Waals surface area contributed by atoms with E-state index in [1.807, 2.05) is 18.2 Å². The Morgan fingerprint density at radius 1 is 1.20 bits per heavy atom. The third-order valence-electron chi connectivity index (χ3n) is 4.08. The highest BCUT2D eigenvalue weighted by Gasteiger charge is 2.29. The Balaban J connectivity index is 1.78. The molecule has 0 bridgehead atoms. The van der Waals surface area contributed by atoms with Crippen molar-refractivity contribution in [1.29, 1.82) is 0 Å². The van der Waals surface area contributed by atoms with Crippen LogP contribution in [0.15, 0.2) is 24.3 Å². The van der Waals surface area contributed by atoms with Gasteiger partial charge in [0.1, 0.15) is 0 Å². The first-order chi connectivity index (χ1) is 9.67. The van der Waals surface area contributed by atoms with E-state index in [-0.39, 0.29) is 6.04 Å². The standard InChI is InChI=1S/C14H21N3O2S/c18-20(19,17-10-8-15-9-11-17)16-14-7-3-5-12-4-1-2-6-13(12)14/h1-2,4,6,14-16H,3,5,7-11H2. The van der Waals surface area contributed by atoms with Gasteiger partial charge in [0.05, 0.1) is 0 Å². The molecule has 1 aliphatic heterocycles. The molecule has 0 aromatic heterocycles. The number of nitrogens with zero attached hydrogens (tertiary/aromatic N) is 1. The Morgan fingerprint density at radius 3 is 2.75 bits per heavy atom. The third kappa shape index (κ3) is 2.88. The quantitative estimate of drug-likeness (QED) is 0.867. The Morgan fingerprint density at radius 2 is 1.95 bits per heavy atom. The van der Waals surface area contributed by atoms with Crippen LogP contribution in [0.1, 0.15) is 30.0 Å². The molecule has 0 radical (unpaired) electrons. The van der Waals surface area contributed by atoms with Crippen LogP contribution in [0.25, 0.3) is 0 Å². The minimum absolute atomic E-state index is 0.0835. The third-order valence-corrected chi connectivity index (χ3v) is 5.70. The van der Waals surface area contributed by atoms with E-state index in [0.717, 1.165) is 37.9 Å². The molecule has 110 valence electrons. The van der Waals surface area contributed by atoms with E-state index >= 15 is 0 Å². The maximum atomic E-state index is 12.5. The van der Waals surface area contributed by atoms with E-state index in [9.17, 15) is 8.42 Å². The molecule has 1 atom stereocenters. The van der Waals surface area contributed by atoms with Crippen LogP contribution in [-0.2, 0) is 16.6 Å². The Labute approximate surface area is 120 Å². The number of benzene rings is 1. The average Bonchev–Trinajstić information content (AvgIpc) is 2.48. The van der Waals surface area contributed by atoms with Crippen LogP contribution >= 0.6 is 0 Å². The molecule has 2 N–H and O–H groups in total. The Bertz CT molecular complexity index is 568. The molecule has 3 rings (SSSR count). The molecule has 1 saturated heterocycles. The van der Waals surface area contributed by atoms with E-state index in [4.69, 9.17) is 0 Å². The minimum atomic E-state index is -3.38. The van der Waals surface area contributed by atoms with E-state index in [1.165, 1.54) is 5.56 Å². The van der Waals surface area contributed by atoms with Crippen molar-refractivity contribution in [2.45, 2.75) is 25.3 Å². The normalized spacial score (nSPS) is 24.3. The molecule has 0 amide bonds. The first-order valence-electron chi connectivity index (χ1n) is 7.23. The molecule has 6 heteroatoms. The van der Waals surface area contributed by atoms with Gasteiger partial charge >= 0.3 is 0 Å². The SMILES string of the molecule is O=S(=O)(NC1CCCc2ccccc21)N1CCNCC1. The van der Waals surface area contributed by atoms with Crippen molar-refractivity contribution < 1.29 is 8.42 Å². The van der Waals surface area contributed by atoms with Crippen LogP contribution in [0, 0.1) is 0 Å². The molecule has 0 saturated carbocycles. The molecule has 0 spiro atoms. The van der Waals surface area contributed by atoms with Crippen LogP contribution in [0.4, 0.5) is 0 Å². The first kappa shape index (κ1) is 14.0. The summed E-state index contributed by atoms with van der Waals surface area (Å²) in [5.41, 5.74) is 2.41. The monoisotopic (exact) mass is 295 g/mol. The molecule has 1 unspecified atom stereocenters. The molecular weight excluding hydrogens is 274 g/mol. The van der Waals surface area contributed by atoms with E-state index < -0.39 is 10.2 Å². The minimum Gasteiger partial charge on any atom is -0.314 e. The lowest BCUT2D eigenvalue weighted by Gasteiger charge is -2.31. The second-order valence-electron chi connectivity index (χ2n) is 5.42. The molecule has 1 aromatic carbocycles. The maximum absolute atomic E-state index is 12.5. The van der Waals surface area contributed by atoms with Gasteiger partial charge in [0.25, 0.3) is 10.2 Å². The van der Waals surface area contributed by atoms with Gasteiger partial charge in [-0.25, -0.2) is 0 Å². The summed E-state index contributed by atoms with van der Waals surface area (Å²) in [6.45, 7) is 2.54. The zero-order valence-corrected chi connectivity index (χ0v) is 12.3. The van der Waals surface area contributed by atoms with Crippen LogP contribution < -0.4 is 10.0 Å². The fraction of sp³-hybridized carbons (Fsp3) is 0.571. The molecular formula is C14H21N3O2S. The zero-order chi connectivity index (χ0) is 14.0. The topological polar surface area (TPSA) is 61.4 Å².